The Morgan fingerprint density at radius 2 is 0.759 bits per heavy atom. The molecule has 4 nitrogen and oxygen atoms in total. The first kappa shape index (κ1) is 32.3. The first-order valence-electron chi connectivity index (χ1n) is 18.6. The van der Waals surface area contributed by atoms with Crippen molar-refractivity contribution in [1.29, 1.82) is 0 Å². The fourth-order valence-electron chi connectivity index (χ4n) is 8.65. The molecule has 0 fully saturated rings. The summed E-state index contributed by atoms with van der Waals surface area (Å²) in [6.45, 7) is 0. The fraction of sp³-hybridized carbons (Fsp3) is 0. The minimum atomic E-state index is 0.643. The van der Waals surface area contributed by atoms with Gasteiger partial charge in [0, 0.05) is 27.5 Å². The predicted molar refractivity (Wildman–Crippen MR) is 244 cm³/mol. The minimum absolute atomic E-state index is 0.643. The molecule has 0 atom stereocenters. The quantitative estimate of drug-likeness (QED) is 0.212. The van der Waals surface area contributed by atoms with E-state index < -0.39 is 0 Å². The maximum atomic E-state index is 5.48. The largest absolute Gasteiger partial charge is 0.308 e. The summed E-state index contributed by atoms with van der Waals surface area (Å²) in [5, 5.41) is 9.68. The lowest BCUT2D eigenvalue weighted by Gasteiger charge is -2.21. The third-order valence-electron chi connectivity index (χ3n) is 11.8. The highest BCUT2D eigenvalue weighted by Gasteiger charge is 2.23. The van der Waals surface area contributed by atoms with Crippen molar-refractivity contribution < 1.29 is 0 Å². The van der Waals surface area contributed by atoms with Gasteiger partial charge in [-0.05, 0) is 56.6 Å². The van der Waals surface area contributed by atoms with Gasteiger partial charge in [-0.25, -0.2) is 15.0 Å². The number of fused-ring (bicyclic) bond motifs is 9. The maximum absolute atomic E-state index is 5.48. The molecule has 54 heavy (non-hydrogen) atoms. The van der Waals surface area contributed by atoms with E-state index in [0.717, 1.165) is 33.4 Å². The lowest BCUT2D eigenvalue weighted by Crippen LogP contribution is -2.55. The van der Waals surface area contributed by atoms with Gasteiger partial charge >= 0.3 is 0 Å². The van der Waals surface area contributed by atoms with Gasteiger partial charge in [-0.2, -0.15) is 0 Å². The van der Waals surface area contributed by atoms with Crippen LogP contribution in [0.15, 0.2) is 140 Å². The van der Waals surface area contributed by atoms with Crippen molar-refractivity contribution >= 4 is 121 Å². The molecule has 0 aliphatic carbocycles. The highest BCUT2D eigenvalue weighted by Crippen LogP contribution is 2.42. The maximum Gasteiger partial charge on any atom is 0.166 e. The van der Waals surface area contributed by atoms with E-state index in [0.29, 0.717) is 17.5 Å². The Labute approximate surface area is 318 Å². The van der Waals surface area contributed by atoms with Crippen LogP contribution in [0.2, 0.25) is 0 Å². The molecule has 0 unspecified atom stereocenters. The number of hydrogen-bond acceptors (Lipinski definition) is 3. The molecule has 0 amide bonds. The number of rotatable bonds is 4. The summed E-state index contributed by atoms with van der Waals surface area (Å²) in [4.78, 5) is 16.1. The van der Waals surface area contributed by atoms with Crippen LogP contribution in [0.3, 0.4) is 0 Å². The topological polar surface area (TPSA) is 43.6 Å². The van der Waals surface area contributed by atoms with E-state index in [1.54, 1.807) is 0 Å². The van der Waals surface area contributed by atoms with Crippen molar-refractivity contribution in [2.75, 3.05) is 0 Å². The van der Waals surface area contributed by atoms with Gasteiger partial charge in [-0.3, -0.25) is 0 Å². The van der Waals surface area contributed by atoms with Crippen molar-refractivity contribution in [2.24, 2.45) is 0 Å². The highest BCUT2D eigenvalue weighted by atomic mass is 15.1. The molecule has 10 rings (SSSR count). The van der Waals surface area contributed by atoms with Crippen LogP contribution in [0.25, 0.3) is 94.0 Å². The Morgan fingerprint density at radius 3 is 1.31 bits per heavy atom. The van der Waals surface area contributed by atoms with Gasteiger partial charge in [0.05, 0.1) is 16.7 Å². The summed E-state index contributed by atoms with van der Waals surface area (Å²) in [6, 6.07) is 49.9. The Kier molecular flexibility index (Phi) is 7.42. The molecule has 0 bridgehead atoms. The van der Waals surface area contributed by atoms with Crippen LogP contribution in [0.4, 0.5) is 0 Å². The van der Waals surface area contributed by atoms with E-state index in [9.17, 15) is 0 Å². The van der Waals surface area contributed by atoms with Gasteiger partial charge in [0.15, 0.2) is 17.5 Å². The molecule has 0 saturated heterocycles. The van der Waals surface area contributed by atoms with Gasteiger partial charge in [-0.1, -0.05) is 126 Å². The van der Waals surface area contributed by atoms with Gasteiger partial charge in [0.25, 0.3) is 0 Å². The standard InChI is InChI=1S/C45H33B5N4/c46-38-37(39(47)41(49)42(50)40(38)48)45-52-43(24-12-2-1-3-13-24)51-44(53-45)33-22-31-27-16-6-4-14-25(27)26-15-5-7-17-28(26)32(31)23-36(33)54-34-20-10-8-18-29(34)30-19-9-11-21-35(30)54/h1-23H,46-50H2. The summed E-state index contributed by atoms with van der Waals surface area (Å²) in [7, 11) is 11.0. The zero-order chi connectivity index (χ0) is 36.7. The van der Waals surface area contributed by atoms with Crippen LogP contribution in [-0.2, 0) is 0 Å². The smallest absolute Gasteiger partial charge is 0.166 e. The van der Waals surface area contributed by atoms with E-state index in [2.05, 4.69) is 165 Å². The van der Waals surface area contributed by atoms with E-state index in [4.69, 9.17) is 15.0 Å². The molecule has 0 saturated carbocycles. The first-order valence-corrected chi connectivity index (χ1v) is 18.6. The monoisotopic (exact) mass is 684 g/mol. The van der Waals surface area contributed by atoms with Gasteiger partial charge in [-0.15, -0.1) is 16.4 Å². The molecule has 0 N–H and O–H groups in total. The van der Waals surface area contributed by atoms with Gasteiger partial charge in [0.2, 0.25) is 0 Å². The minimum Gasteiger partial charge on any atom is -0.308 e. The van der Waals surface area contributed by atoms with Crippen molar-refractivity contribution in [1.82, 2.24) is 19.5 Å². The van der Waals surface area contributed by atoms with Crippen molar-refractivity contribution in [3.05, 3.63) is 140 Å². The van der Waals surface area contributed by atoms with Crippen LogP contribution in [0.1, 0.15) is 0 Å². The number of nitrogens with zero attached hydrogens (tertiary/aromatic N) is 4. The lowest BCUT2D eigenvalue weighted by molar-refractivity contribution is 1.07. The summed E-state index contributed by atoms with van der Waals surface area (Å²) in [5.74, 6) is 1.99. The molecule has 0 spiro atoms. The fourth-order valence-corrected chi connectivity index (χ4v) is 8.65. The lowest BCUT2D eigenvalue weighted by atomic mass is 9.60. The summed E-state index contributed by atoms with van der Waals surface area (Å²) in [5.41, 5.74) is 12.5. The number of para-hydroxylation sites is 2. The first-order chi connectivity index (χ1) is 26.4. The predicted octanol–water partition coefficient (Wildman–Crippen LogP) is 2.72. The SMILES string of the molecule is Bc1c(B)c(B)c(-c2nc(-c3ccccc3)nc(-c3cc4c5ccccc5c5ccccc5c4cc3-n3c4ccccc4c4ccccc43)n2)c(B)c1B. The average Bonchev–Trinajstić information content (AvgIpc) is 3.56. The molecule has 2 aromatic heterocycles. The second-order valence-electron chi connectivity index (χ2n) is 14.5. The van der Waals surface area contributed by atoms with Gasteiger partial charge < -0.3 is 4.57 Å². The molecule has 0 aliphatic rings. The normalized spacial score (nSPS) is 11.7. The third-order valence-corrected chi connectivity index (χ3v) is 11.8. The Balaban J connectivity index is 1.40. The van der Waals surface area contributed by atoms with E-state index >= 15 is 0 Å². The van der Waals surface area contributed by atoms with Crippen molar-refractivity contribution in [3.63, 3.8) is 0 Å². The molecule has 8 aromatic carbocycles. The summed E-state index contributed by atoms with van der Waals surface area (Å²) < 4.78 is 2.41. The number of hydrogen-bond donors (Lipinski definition) is 0. The van der Waals surface area contributed by atoms with E-state index in [1.165, 1.54) is 70.4 Å². The molecule has 0 aliphatic heterocycles. The molecule has 0 radical (unpaired) electrons. The molecule has 10 aromatic rings. The van der Waals surface area contributed by atoms with Crippen LogP contribution in [-0.4, -0.2) is 58.8 Å². The van der Waals surface area contributed by atoms with Crippen molar-refractivity contribution in [2.45, 2.75) is 0 Å². The van der Waals surface area contributed by atoms with Gasteiger partial charge in [0.1, 0.15) is 39.2 Å². The molecular weight excluding hydrogens is 651 g/mol. The summed E-state index contributed by atoms with van der Waals surface area (Å²) in [6.07, 6.45) is 0. The van der Waals surface area contributed by atoms with E-state index in [-0.39, 0.29) is 0 Å². The zero-order valence-electron chi connectivity index (χ0n) is 31.1. The Morgan fingerprint density at radius 1 is 0.352 bits per heavy atom. The number of benzene rings is 8. The average molecular weight is 684 g/mol. The molecule has 248 valence electrons. The Hall–Kier alpha value is -6.33. The molecule has 2 heterocycles. The van der Waals surface area contributed by atoms with Crippen LogP contribution >= 0.6 is 0 Å². The third kappa shape index (κ3) is 4.81. The van der Waals surface area contributed by atoms with Crippen molar-refractivity contribution in [3.8, 4) is 39.9 Å². The molecular formula is C45H33B5N4. The summed E-state index contributed by atoms with van der Waals surface area (Å²) >= 11 is 0. The highest BCUT2D eigenvalue weighted by molar-refractivity contribution is 6.68. The molecule has 9 heteroatoms. The second-order valence-corrected chi connectivity index (χ2v) is 14.5. The number of aromatic nitrogens is 4. The Bertz CT molecular complexity index is 3090. The zero-order valence-corrected chi connectivity index (χ0v) is 31.1. The van der Waals surface area contributed by atoms with Crippen LogP contribution < -0.4 is 27.3 Å². The van der Waals surface area contributed by atoms with E-state index in [1.807, 2.05) is 18.2 Å². The van der Waals surface area contributed by atoms with Crippen LogP contribution in [0, 0.1) is 0 Å². The second kappa shape index (κ2) is 12.4. The van der Waals surface area contributed by atoms with Crippen LogP contribution in [0.5, 0.6) is 0 Å².